The maximum atomic E-state index is 5.98. The lowest BCUT2D eigenvalue weighted by atomic mass is 10.1. The van der Waals surface area contributed by atoms with Crippen LogP contribution < -0.4 is 10.6 Å². The highest BCUT2D eigenvalue weighted by atomic mass is 79.9. The highest BCUT2D eigenvalue weighted by Gasteiger charge is 2.12. The largest absolute Gasteiger partial charge is 0.397 e. The lowest BCUT2D eigenvalue weighted by Crippen LogP contribution is -2.29. The van der Waals surface area contributed by atoms with E-state index in [9.17, 15) is 0 Å². The van der Waals surface area contributed by atoms with E-state index in [1.165, 1.54) is 24.9 Å². The lowest BCUT2D eigenvalue weighted by Gasteiger charge is -2.29. The van der Waals surface area contributed by atoms with E-state index in [1.54, 1.807) is 0 Å². The average molecular weight is 328 g/mol. The van der Waals surface area contributed by atoms with Gasteiger partial charge in [-0.25, -0.2) is 0 Å². The van der Waals surface area contributed by atoms with Crippen molar-refractivity contribution in [3.63, 3.8) is 0 Å². The molecule has 0 atom stereocenters. The lowest BCUT2D eigenvalue weighted by molar-refractivity contribution is 0.578. The van der Waals surface area contributed by atoms with Crippen LogP contribution in [0.25, 0.3) is 0 Å². The topological polar surface area (TPSA) is 29.3 Å². The Balaban J connectivity index is 0.00000112. The fourth-order valence-electron chi connectivity index (χ4n) is 1.95. The van der Waals surface area contributed by atoms with Crippen LogP contribution in [0.5, 0.6) is 0 Å². The Labute approximate surface area is 118 Å². The Morgan fingerprint density at radius 1 is 1.06 bits per heavy atom. The van der Waals surface area contributed by atoms with Crippen LogP contribution in [0.4, 0.5) is 11.4 Å². The average Bonchev–Trinajstić information content (AvgIpc) is 2.19. The van der Waals surface area contributed by atoms with E-state index in [-0.39, 0.29) is 24.8 Å². The van der Waals surface area contributed by atoms with Gasteiger partial charge in [-0.1, -0.05) is 15.9 Å². The van der Waals surface area contributed by atoms with E-state index in [0.717, 1.165) is 23.2 Å². The predicted octanol–water partition coefficient (Wildman–Crippen LogP) is 3.87. The van der Waals surface area contributed by atoms with E-state index in [4.69, 9.17) is 5.73 Å². The molecule has 0 aliphatic carbocycles. The molecule has 0 aromatic heterocycles. The molecule has 0 spiro atoms. The summed E-state index contributed by atoms with van der Waals surface area (Å²) in [5, 5.41) is 0. The third-order valence-corrected chi connectivity index (χ3v) is 3.18. The van der Waals surface area contributed by atoms with Gasteiger partial charge in [0, 0.05) is 17.6 Å². The fourth-order valence-corrected chi connectivity index (χ4v) is 2.33. The molecule has 1 fully saturated rings. The van der Waals surface area contributed by atoms with Crippen LogP contribution in [0.3, 0.4) is 0 Å². The first-order chi connectivity index (χ1) is 6.77. The number of halogens is 3. The summed E-state index contributed by atoms with van der Waals surface area (Å²) in [4.78, 5) is 2.38. The Kier molecular flexibility index (Phi) is 7.20. The quantitative estimate of drug-likeness (QED) is 0.793. The molecule has 0 saturated carbocycles. The molecule has 1 aliphatic rings. The van der Waals surface area contributed by atoms with Gasteiger partial charge in [0.25, 0.3) is 0 Å². The molecule has 1 heterocycles. The SMILES string of the molecule is Cl.Cl.Nc1cc(Br)ccc1N1CCCCC1. The molecule has 16 heavy (non-hydrogen) atoms. The number of hydrogen-bond acceptors (Lipinski definition) is 2. The Hall–Kier alpha value is -0.120. The zero-order chi connectivity index (χ0) is 9.97. The fraction of sp³-hybridized carbons (Fsp3) is 0.455. The minimum absolute atomic E-state index is 0. The molecule has 1 aromatic carbocycles. The summed E-state index contributed by atoms with van der Waals surface area (Å²) in [5.41, 5.74) is 8.04. The number of anilines is 2. The zero-order valence-electron chi connectivity index (χ0n) is 8.99. The summed E-state index contributed by atoms with van der Waals surface area (Å²) in [6.07, 6.45) is 3.93. The van der Waals surface area contributed by atoms with E-state index in [1.807, 2.05) is 6.07 Å². The van der Waals surface area contributed by atoms with Crippen molar-refractivity contribution < 1.29 is 0 Å². The van der Waals surface area contributed by atoms with Crippen molar-refractivity contribution in [1.29, 1.82) is 0 Å². The van der Waals surface area contributed by atoms with Crippen LogP contribution >= 0.6 is 40.7 Å². The predicted molar refractivity (Wildman–Crippen MR) is 79.1 cm³/mol. The van der Waals surface area contributed by atoms with Crippen molar-refractivity contribution in [1.82, 2.24) is 0 Å². The van der Waals surface area contributed by atoms with Crippen LogP contribution in [0.1, 0.15) is 19.3 Å². The number of hydrogen-bond donors (Lipinski definition) is 1. The molecular formula is C11H17BrCl2N2. The third kappa shape index (κ3) is 3.72. The minimum Gasteiger partial charge on any atom is -0.397 e. The molecule has 0 radical (unpaired) electrons. The first-order valence-corrected chi connectivity index (χ1v) is 5.86. The summed E-state index contributed by atoms with van der Waals surface area (Å²) >= 11 is 3.42. The van der Waals surface area contributed by atoms with Crippen molar-refractivity contribution in [2.24, 2.45) is 0 Å². The summed E-state index contributed by atoms with van der Waals surface area (Å²) in [5.74, 6) is 0. The molecule has 1 aliphatic heterocycles. The van der Waals surface area contributed by atoms with Gasteiger partial charge in [0.1, 0.15) is 0 Å². The highest BCUT2D eigenvalue weighted by molar-refractivity contribution is 9.10. The van der Waals surface area contributed by atoms with Crippen LogP contribution in [0.2, 0.25) is 0 Å². The molecule has 0 bridgehead atoms. The van der Waals surface area contributed by atoms with Crippen molar-refractivity contribution >= 4 is 52.1 Å². The van der Waals surface area contributed by atoms with Crippen molar-refractivity contribution in [3.8, 4) is 0 Å². The van der Waals surface area contributed by atoms with Gasteiger partial charge in [-0.3, -0.25) is 0 Å². The number of benzene rings is 1. The van der Waals surface area contributed by atoms with Crippen molar-refractivity contribution in [3.05, 3.63) is 22.7 Å². The highest BCUT2D eigenvalue weighted by Crippen LogP contribution is 2.28. The minimum atomic E-state index is 0. The number of nitrogens with zero attached hydrogens (tertiary/aromatic N) is 1. The monoisotopic (exact) mass is 326 g/mol. The molecule has 1 aromatic rings. The van der Waals surface area contributed by atoms with Crippen LogP contribution in [0.15, 0.2) is 22.7 Å². The van der Waals surface area contributed by atoms with Gasteiger partial charge < -0.3 is 10.6 Å². The maximum Gasteiger partial charge on any atom is 0.0600 e. The van der Waals surface area contributed by atoms with Crippen molar-refractivity contribution in [2.45, 2.75) is 19.3 Å². The van der Waals surface area contributed by atoms with Gasteiger partial charge in [0.2, 0.25) is 0 Å². The summed E-state index contributed by atoms with van der Waals surface area (Å²) < 4.78 is 1.05. The number of piperidine rings is 1. The molecule has 5 heteroatoms. The molecule has 2 N–H and O–H groups in total. The Morgan fingerprint density at radius 3 is 2.25 bits per heavy atom. The Morgan fingerprint density at radius 2 is 1.69 bits per heavy atom. The maximum absolute atomic E-state index is 5.98. The van der Waals surface area contributed by atoms with E-state index in [0.29, 0.717) is 0 Å². The molecule has 0 amide bonds. The number of nitrogens with two attached hydrogens (primary N) is 1. The number of rotatable bonds is 1. The molecule has 0 unspecified atom stereocenters. The summed E-state index contributed by atoms with van der Waals surface area (Å²) in [6, 6.07) is 6.13. The smallest absolute Gasteiger partial charge is 0.0600 e. The second kappa shape index (κ2) is 7.25. The molecule has 2 nitrogen and oxygen atoms in total. The molecule has 1 saturated heterocycles. The first-order valence-electron chi connectivity index (χ1n) is 5.07. The van der Waals surface area contributed by atoms with E-state index < -0.39 is 0 Å². The summed E-state index contributed by atoms with van der Waals surface area (Å²) in [7, 11) is 0. The van der Waals surface area contributed by atoms with Gasteiger partial charge in [-0.2, -0.15) is 0 Å². The van der Waals surface area contributed by atoms with E-state index >= 15 is 0 Å². The van der Waals surface area contributed by atoms with Crippen molar-refractivity contribution in [2.75, 3.05) is 23.7 Å². The Bertz CT molecular complexity index is 328. The van der Waals surface area contributed by atoms with Crippen LogP contribution in [-0.4, -0.2) is 13.1 Å². The normalized spacial score (nSPS) is 14.9. The van der Waals surface area contributed by atoms with Gasteiger partial charge >= 0.3 is 0 Å². The van der Waals surface area contributed by atoms with Crippen LogP contribution in [-0.2, 0) is 0 Å². The third-order valence-electron chi connectivity index (χ3n) is 2.69. The number of nitrogen functional groups attached to an aromatic ring is 1. The van der Waals surface area contributed by atoms with Gasteiger partial charge in [-0.15, -0.1) is 24.8 Å². The van der Waals surface area contributed by atoms with Crippen LogP contribution in [0, 0.1) is 0 Å². The van der Waals surface area contributed by atoms with Gasteiger partial charge in [0.15, 0.2) is 0 Å². The second-order valence-corrected chi connectivity index (χ2v) is 4.67. The first kappa shape index (κ1) is 15.9. The standard InChI is InChI=1S/C11H15BrN2.2ClH/c12-9-4-5-11(10(13)8-9)14-6-2-1-3-7-14;;/h4-5,8H,1-3,6-7,13H2;2*1H. The van der Waals surface area contributed by atoms with Gasteiger partial charge in [0.05, 0.1) is 11.4 Å². The zero-order valence-corrected chi connectivity index (χ0v) is 12.2. The van der Waals surface area contributed by atoms with E-state index in [2.05, 4.69) is 33.0 Å². The second-order valence-electron chi connectivity index (χ2n) is 3.75. The molecule has 2 rings (SSSR count). The molecular weight excluding hydrogens is 311 g/mol. The molecule has 92 valence electrons. The van der Waals surface area contributed by atoms with Gasteiger partial charge in [-0.05, 0) is 37.5 Å². The summed E-state index contributed by atoms with van der Waals surface area (Å²) in [6.45, 7) is 2.29.